The molecule has 0 fully saturated rings. The molecule has 0 aliphatic carbocycles. The number of para-hydroxylation sites is 2. The Morgan fingerprint density at radius 3 is 2.64 bits per heavy atom. The molecule has 0 spiro atoms. The topological polar surface area (TPSA) is 79.2 Å². The van der Waals surface area contributed by atoms with Crippen molar-refractivity contribution in [3.63, 3.8) is 0 Å². The van der Waals surface area contributed by atoms with Crippen LogP contribution >= 0.6 is 12.2 Å². The molecule has 126 valence electrons. The van der Waals surface area contributed by atoms with Crippen molar-refractivity contribution in [2.24, 2.45) is 0 Å². The second-order valence-electron chi connectivity index (χ2n) is 5.14. The van der Waals surface area contributed by atoms with E-state index in [4.69, 9.17) is 16.6 Å². The van der Waals surface area contributed by atoms with Crippen molar-refractivity contribution in [1.29, 1.82) is 0 Å². The summed E-state index contributed by atoms with van der Waals surface area (Å²) in [4.78, 5) is 16.0. The Morgan fingerprint density at radius 1 is 1.08 bits per heavy atom. The molecule has 0 radical (unpaired) electrons. The fourth-order valence-electron chi connectivity index (χ4n) is 2.09. The molecule has 6 nitrogen and oxygen atoms in total. The Balaban J connectivity index is 1.45. The first kappa shape index (κ1) is 16.7. The van der Waals surface area contributed by atoms with Crippen LogP contribution in [0.3, 0.4) is 0 Å². The van der Waals surface area contributed by atoms with Gasteiger partial charge in [-0.1, -0.05) is 42.5 Å². The first-order chi connectivity index (χ1) is 12.2. The maximum atomic E-state index is 11.8. The Morgan fingerprint density at radius 2 is 1.84 bits per heavy atom. The zero-order chi connectivity index (χ0) is 17.5. The van der Waals surface area contributed by atoms with E-state index in [1.54, 1.807) is 0 Å². The Hall–Kier alpha value is -3.19. The van der Waals surface area contributed by atoms with Crippen molar-refractivity contribution in [2.75, 3.05) is 0 Å². The second-order valence-corrected chi connectivity index (χ2v) is 5.54. The van der Waals surface area contributed by atoms with Crippen LogP contribution in [0, 0.1) is 0 Å². The molecule has 0 saturated heterocycles. The highest BCUT2D eigenvalue weighted by Gasteiger charge is 2.03. The van der Waals surface area contributed by atoms with Crippen LogP contribution in [0.2, 0.25) is 0 Å². The van der Waals surface area contributed by atoms with Gasteiger partial charge >= 0.3 is 0 Å². The van der Waals surface area contributed by atoms with Crippen LogP contribution in [-0.4, -0.2) is 16.0 Å². The lowest BCUT2D eigenvalue weighted by molar-refractivity contribution is -0.116. The van der Waals surface area contributed by atoms with Gasteiger partial charge in [-0.15, -0.1) is 0 Å². The quantitative estimate of drug-likeness (QED) is 0.380. The molecule has 0 unspecified atom stereocenters. The van der Waals surface area contributed by atoms with Gasteiger partial charge in [-0.2, -0.15) is 0 Å². The number of amides is 1. The summed E-state index contributed by atoms with van der Waals surface area (Å²) in [6, 6.07) is 17.2. The number of hydrogen-bond donors (Lipinski definition) is 3. The van der Waals surface area contributed by atoms with E-state index in [0.29, 0.717) is 23.1 Å². The van der Waals surface area contributed by atoms with Gasteiger partial charge in [-0.05, 0) is 29.9 Å². The lowest BCUT2D eigenvalue weighted by Gasteiger charge is -2.10. The summed E-state index contributed by atoms with van der Waals surface area (Å²) >= 11 is 5.10. The lowest BCUT2D eigenvalue weighted by atomic mass is 10.2. The standard InChI is InChI=1S/C18H16N4O2S/c23-16(10-11-17-20-14-8-4-5-9-15(14)24-17)21-22-18(25)19-12-13-6-2-1-3-7-13/h1-11H,12H2,(H,21,23)(H2,19,22,25)/b11-10+. The molecule has 0 bridgehead atoms. The van der Waals surface area contributed by atoms with Crippen molar-refractivity contribution >= 4 is 40.4 Å². The number of fused-ring (bicyclic) bond motifs is 1. The van der Waals surface area contributed by atoms with Crippen LogP contribution < -0.4 is 16.2 Å². The van der Waals surface area contributed by atoms with Gasteiger partial charge in [-0.3, -0.25) is 15.6 Å². The van der Waals surface area contributed by atoms with Gasteiger partial charge in [0.05, 0.1) is 0 Å². The first-order valence-electron chi connectivity index (χ1n) is 7.62. The zero-order valence-corrected chi connectivity index (χ0v) is 14.0. The third kappa shape index (κ3) is 4.89. The van der Waals surface area contributed by atoms with E-state index >= 15 is 0 Å². The highest BCUT2D eigenvalue weighted by Crippen LogP contribution is 2.15. The van der Waals surface area contributed by atoms with Gasteiger partial charge in [0, 0.05) is 18.7 Å². The third-order valence-electron chi connectivity index (χ3n) is 3.28. The summed E-state index contributed by atoms with van der Waals surface area (Å²) in [6.45, 7) is 0.571. The predicted octanol–water partition coefficient (Wildman–Crippen LogP) is 2.54. The predicted molar refractivity (Wildman–Crippen MR) is 100 cm³/mol. The number of aromatic nitrogens is 1. The summed E-state index contributed by atoms with van der Waals surface area (Å²) in [7, 11) is 0. The minimum atomic E-state index is -0.369. The summed E-state index contributed by atoms with van der Waals surface area (Å²) in [5.41, 5.74) is 7.62. The molecule has 3 aromatic rings. The van der Waals surface area contributed by atoms with Gasteiger partial charge in [0.15, 0.2) is 10.7 Å². The molecule has 1 amide bonds. The zero-order valence-electron chi connectivity index (χ0n) is 13.2. The van der Waals surface area contributed by atoms with Crippen molar-refractivity contribution in [1.82, 2.24) is 21.2 Å². The first-order valence-corrected chi connectivity index (χ1v) is 8.03. The minimum Gasteiger partial charge on any atom is -0.437 e. The molecular formula is C18H16N4O2S. The monoisotopic (exact) mass is 352 g/mol. The third-order valence-corrected chi connectivity index (χ3v) is 3.53. The number of nitrogens with one attached hydrogen (secondary N) is 3. The second kappa shape index (κ2) is 8.07. The van der Waals surface area contributed by atoms with E-state index in [0.717, 1.165) is 11.1 Å². The van der Waals surface area contributed by atoms with Crippen LogP contribution in [0.25, 0.3) is 17.2 Å². The number of carbonyl (C=O) groups is 1. The molecule has 3 N–H and O–H groups in total. The molecule has 0 saturated carbocycles. The average molecular weight is 352 g/mol. The number of nitrogens with zero attached hydrogens (tertiary/aromatic N) is 1. The van der Waals surface area contributed by atoms with Gasteiger partial charge in [-0.25, -0.2) is 4.98 Å². The molecule has 3 rings (SSSR count). The van der Waals surface area contributed by atoms with Gasteiger partial charge in [0.1, 0.15) is 5.52 Å². The van der Waals surface area contributed by atoms with E-state index in [9.17, 15) is 4.79 Å². The van der Waals surface area contributed by atoms with Gasteiger partial charge < -0.3 is 9.73 Å². The summed E-state index contributed by atoms with van der Waals surface area (Å²) in [5.74, 6) is -0.00718. The highest BCUT2D eigenvalue weighted by atomic mass is 32.1. The van der Waals surface area contributed by atoms with E-state index in [1.807, 2.05) is 54.6 Å². The number of oxazole rings is 1. The number of thiocarbonyl (C=S) groups is 1. The van der Waals surface area contributed by atoms with Crippen LogP contribution in [-0.2, 0) is 11.3 Å². The van der Waals surface area contributed by atoms with E-state index < -0.39 is 0 Å². The van der Waals surface area contributed by atoms with Crippen LogP contribution in [0.4, 0.5) is 0 Å². The number of benzene rings is 2. The number of rotatable bonds is 4. The smallest absolute Gasteiger partial charge is 0.262 e. The van der Waals surface area contributed by atoms with Crippen molar-refractivity contribution < 1.29 is 9.21 Å². The Kier molecular flexibility index (Phi) is 5.38. The fraction of sp³-hybridized carbons (Fsp3) is 0.0556. The molecule has 25 heavy (non-hydrogen) atoms. The maximum Gasteiger partial charge on any atom is 0.262 e. The lowest BCUT2D eigenvalue weighted by Crippen LogP contribution is -2.45. The molecule has 0 aliphatic heterocycles. The minimum absolute atomic E-state index is 0.326. The molecule has 0 atom stereocenters. The summed E-state index contributed by atoms with van der Waals surface area (Å²) in [6.07, 6.45) is 2.81. The Labute approximate surface area is 149 Å². The molecular weight excluding hydrogens is 336 g/mol. The molecule has 1 heterocycles. The average Bonchev–Trinajstić information content (AvgIpc) is 3.07. The maximum absolute atomic E-state index is 11.8. The molecule has 7 heteroatoms. The van der Waals surface area contributed by atoms with Crippen molar-refractivity contribution in [3.8, 4) is 0 Å². The SMILES string of the molecule is O=C(/C=C/c1nc2ccccc2o1)NNC(=S)NCc1ccccc1. The van der Waals surface area contributed by atoms with Crippen LogP contribution in [0.1, 0.15) is 11.5 Å². The molecule has 0 aliphatic rings. The van der Waals surface area contributed by atoms with Crippen LogP contribution in [0.5, 0.6) is 0 Å². The normalized spacial score (nSPS) is 10.7. The van der Waals surface area contributed by atoms with Crippen molar-refractivity contribution in [3.05, 3.63) is 72.1 Å². The van der Waals surface area contributed by atoms with Crippen LogP contribution in [0.15, 0.2) is 65.1 Å². The fourth-order valence-corrected chi connectivity index (χ4v) is 2.21. The van der Waals surface area contributed by atoms with Crippen molar-refractivity contribution in [2.45, 2.75) is 6.54 Å². The van der Waals surface area contributed by atoms with E-state index in [2.05, 4.69) is 21.2 Å². The molecule has 1 aromatic heterocycles. The Bertz CT molecular complexity index is 873. The van der Waals surface area contributed by atoms with Gasteiger partial charge in [0.25, 0.3) is 5.91 Å². The number of hydrogen-bond acceptors (Lipinski definition) is 4. The highest BCUT2D eigenvalue weighted by molar-refractivity contribution is 7.80. The van der Waals surface area contributed by atoms with E-state index in [-0.39, 0.29) is 5.91 Å². The number of hydrazine groups is 1. The molecule has 2 aromatic carbocycles. The number of carbonyl (C=O) groups excluding carboxylic acids is 1. The largest absolute Gasteiger partial charge is 0.437 e. The van der Waals surface area contributed by atoms with Gasteiger partial charge in [0.2, 0.25) is 5.89 Å². The van der Waals surface area contributed by atoms with E-state index in [1.165, 1.54) is 12.2 Å². The summed E-state index contributed by atoms with van der Waals surface area (Å²) in [5, 5.41) is 3.32. The summed E-state index contributed by atoms with van der Waals surface area (Å²) < 4.78 is 5.50.